The van der Waals surface area contributed by atoms with E-state index >= 15 is 0 Å². The van der Waals surface area contributed by atoms with Gasteiger partial charge >= 0.3 is 6.03 Å². The molecule has 0 saturated carbocycles. The zero-order valence-corrected chi connectivity index (χ0v) is 16.0. The monoisotopic (exact) mass is 399 g/mol. The standard InChI is InChI=1S/C20H21N3O6/c1-13-3-9-17(10-4-13)29-12-16(24)11-22-18(25)20(2,21-19(22)26)14-5-7-15(8-6-14)23(27)28/h3-10,16,24H,11-12H2,1-2H3,(H,21,26)/t16-,20-/m1/s1. The Hall–Kier alpha value is -3.46. The third-order valence-corrected chi connectivity index (χ3v) is 4.79. The molecule has 1 fully saturated rings. The van der Waals surface area contributed by atoms with Gasteiger partial charge in [-0.25, -0.2) is 4.79 Å². The molecule has 152 valence electrons. The van der Waals surface area contributed by atoms with Crippen molar-refractivity contribution in [3.8, 4) is 5.75 Å². The molecule has 3 rings (SSSR count). The third kappa shape index (κ3) is 4.19. The van der Waals surface area contributed by atoms with E-state index in [1.807, 2.05) is 19.1 Å². The van der Waals surface area contributed by atoms with Crippen molar-refractivity contribution in [2.45, 2.75) is 25.5 Å². The van der Waals surface area contributed by atoms with Gasteiger partial charge in [0.25, 0.3) is 11.6 Å². The average Bonchev–Trinajstić information content (AvgIpc) is 2.91. The fourth-order valence-corrected chi connectivity index (χ4v) is 3.07. The Morgan fingerprint density at radius 3 is 2.38 bits per heavy atom. The molecule has 1 saturated heterocycles. The second-order valence-corrected chi connectivity index (χ2v) is 7.05. The molecule has 2 aromatic carbocycles. The molecule has 0 bridgehead atoms. The maximum atomic E-state index is 12.9. The Morgan fingerprint density at radius 2 is 1.79 bits per heavy atom. The van der Waals surface area contributed by atoms with Crippen LogP contribution >= 0.6 is 0 Å². The topological polar surface area (TPSA) is 122 Å². The molecule has 1 heterocycles. The van der Waals surface area contributed by atoms with E-state index in [0.717, 1.165) is 10.5 Å². The first-order chi connectivity index (χ1) is 13.7. The molecule has 0 spiro atoms. The number of non-ortho nitro benzene ring substituents is 1. The molecule has 0 aliphatic carbocycles. The number of benzene rings is 2. The van der Waals surface area contributed by atoms with Crippen molar-refractivity contribution in [3.63, 3.8) is 0 Å². The number of carbonyl (C=O) groups is 2. The summed E-state index contributed by atoms with van der Waals surface area (Å²) >= 11 is 0. The Bertz CT molecular complexity index is 928. The molecular formula is C20H21N3O6. The lowest BCUT2D eigenvalue weighted by Gasteiger charge is -2.23. The summed E-state index contributed by atoms with van der Waals surface area (Å²) < 4.78 is 5.49. The van der Waals surface area contributed by atoms with Crippen LogP contribution < -0.4 is 10.1 Å². The van der Waals surface area contributed by atoms with Crippen molar-refractivity contribution >= 4 is 17.6 Å². The van der Waals surface area contributed by atoms with Crippen molar-refractivity contribution < 1.29 is 24.4 Å². The van der Waals surface area contributed by atoms with Gasteiger partial charge in [-0.2, -0.15) is 0 Å². The number of nitro benzene ring substituents is 1. The van der Waals surface area contributed by atoms with Crippen LogP contribution in [0, 0.1) is 17.0 Å². The highest BCUT2D eigenvalue weighted by molar-refractivity contribution is 6.07. The molecule has 2 atom stereocenters. The van der Waals surface area contributed by atoms with Gasteiger partial charge in [0.05, 0.1) is 11.5 Å². The third-order valence-electron chi connectivity index (χ3n) is 4.79. The van der Waals surface area contributed by atoms with Gasteiger partial charge in [0.15, 0.2) is 0 Å². The Kier molecular flexibility index (Phi) is 5.51. The number of imide groups is 1. The van der Waals surface area contributed by atoms with E-state index in [2.05, 4.69) is 5.32 Å². The van der Waals surface area contributed by atoms with Crippen molar-refractivity contribution in [2.24, 2.45) is 0 Å². The second kappa shape index (κ2) is 7.88. The van der Waals surface area contributed by atoms with Gasteiger partial charge in [0.2, 0.25) is 0 Å². The van der Waals surface area contributed by atoms with Crippen LogP contribution in [-0.4, -0.2) is 46.1 Å². The number of nitrogens with one attached hydrogen (secondary N) is 1. The van der Waals surface area contributed by atoms with E-state index in [4.69, 9.17) is 4.74 Å². The summed E-state index contributed by atoms with van der Waals surface area (Å²) in [4.78, 5) is 36.4. The van der Waals surface area contributed by atoms with Crippen LogP contribution in [-0.2, 0) is 10.3 Å². The number of urea groups is 1. The van der Waals surface area contributed by atoms with Crippen LogP contribution in [0.15, 0.2) is 48.5 Å². The molecule has 3 amide bonds. The molecule has 2 aromatic rings. The Morgan fingerprint density at radius 1 is 1.17 bits per heavy atom. The number of aryl methyl sites for hydroxylation is 1. The zero-order valence-electron chi connectivity index (χ0n) is 16.0. The first-order valence-electron chi connectivity index (χ1n) is 8.97. The molecule has 1 aliphatic heterocycles. The SMILES string of the molecule is Cc1ccc(OC[C@H](O)CN2C(=O)N[C@](C)(c3ccc([N+](=O)[O-])cc3)C2=O)cc1. The number of β-amino-alcohol motifs (C(OH)–C–C–N with tert-alkyl or cyclic N) is 1. The Labute approximate surface area is 167 Å². The van der Waals surface area contributed by atoms with Crippen LogP contribution in [0.25, 0.3) is 0 Å². The summed E-state index contributed by atoms with van der Waals surface area (Å²) in [6.07, 6.45) is -1.08. The van der Waals surface area contributed by atoms with E-state index in [9.17, 15) is 24.8 Å². The lowest BCUT2D eigenvalue weighted by Crippen LogP contribution is -2.42. The summed E-state index contributed by atoms with van der Waals surface area (Å²) in [5, 5.41) is 23.6. The molecule has 9 nitrogen and oxygen atoms in total. The summed E-state index contributed by atoms with van der Waals surface area (Å²) in [6, 6.07) is 12.0. The molecule has 0 radical (unpaired) electrons. The quantitative estimate of drug-likeness (QED) is 0.418. The van der Waals surface area contributed by atoms with E-state index in [-0.39, 0.29) is 18.8 Å². The highest BCUT2D eigenvalue weighted by Crippen LogP contribution is 2.30. The van der Waals surface area contributed by atoms with Gasteiger partial charge in [-0.1, -0.05) is 17.7 Å². The molecular weight excluding hydrogens is 378 g/mol. The lowest BCUT2D eigenvalue weighted by atomic mass is 9.92. The van der Waals surface area contributed by atoms with Crippen molar-refractivity contribution in [1.82, 2.24) is 10.2 Å². The number of aliphatic hydroxyl groups excluding tert-OH is 1. The first-order valence-corrected chi connectivity index (χ1v) is 8.97. The minimum Gasteiger partial charge on any atom is -0.491 e. The molecule has 2 N–H and O–H groups in total. The molecule has 0 unspecified atom stereocenters. The number of aliphatic hydroxyl groups is 1. The molecule has 0 aromatic heterocycles. The van der Waals surface area contributed by atoms with Crippen LogP contribution in [0.1, 0.15) is 18.1 Å². The van der Waals surface area contributed by atoms with Gasteiger partial charge in [-0.3, -0.25) is 19.8 Å². The van der Waals surface area contributed by atoms with E-state index in [1.54, 1.807) is 12.1 Å². The summed E-state index contributed by atoms with van der Waals surface area (Å²) in [6.45, 7) is 3.13. The average molecular weight is 399 g/mol. The lowest BCUT2D eigenvalue weighted by molar-refractivity contribution is -0.384. The van der Waals surface area contributed by atoms with Crippen LogP contribution in [0.5, 0.6) is 5.75 Å². The van der Waals surface area contributed by atoms with Crippen LogP contribution in [0.2, 0.25) is 0 Å². The minimum absolute atomic E-state index is 0.0889. The van der Waals surface area contributed by atoms with Crippen molar-refractivity contribution in [3.05, 3.63) is 69.8 Å². The minimum atomic E-state index is -1.37. The van der Waals surface area contributed by atoms with Gasteiger partial charge in [0.1, 0.15) is 24.0 Å². The van der Waals surface area contributed by atoms with Gasteiger partial charge < -0.3 is 15.2 Å². The number of amides is 3. The van der Waals surface area contributed by atoms with E-state index in [0.29, 0.717) is 11.3 Å². The van der Waals surface area contributed by atoms with E-state index in [1.165, 1.54) is 31.2 Å². The summed E-state index contributed by atoms with van der Waals surface area (Å²) in [5.41, 5.74) is -0.00391. The van der Waals surface area contributed by atoms with Crippen LogP contribution in [0.4, 0.5) is 10.5 Å². The van der Waals surface area contributed by atoms with Crippen molar-refractivity contribution in [2.75, 3.05) is 13.2 Å². The summed E-state index contributed by atoms with van der Waals surface area (Å²) in [5.74, 6) is 0.0216. The number of hydrogen-bond acceptors (Lipinski definition) is 6. The normalized spacial score (nSPS) is 19.8. The molecule has 1 aliphatic rings. The maximum absolute atomic E-state index is 12.9. The molecule has 29 heavy (non-hydrogen) atoms. The first kappa shape index (κ1) is 20.3. The smallest absolute Gasteiger partial charge is 0.325 e. The second-order valence-electron chi connectivity index (χ2n) is 7.05. The van der Waals surface area contributed by atoms with Gasteiger partial charge in [0, 0.05) is 12.1 Å². The predicted octanol–water partition coefficient (Wildman–Crippen LogP) is 2.11. The van der Waals surface area contributed by atoms with Gasteiger partial charge in [-0.15, -0.1) is 0 Å². The number of hydrogen-bond donors (Lipinski definition) is 2. The highest BCUT2D eigenvalue weighted by atomic mass is 16.6. The Balaban J connectivity index is 1.66. The number of nitro groups is 1. The van der Waals surface area contributed by atoms with Crippen LogP contribution in [0.3, 0.4) is 0 Å². The maximum Gasteiger partial charge on any atom is 0.325 e. The fraction of sp³-hybridized carbons (Fsp3) is 0.300. The predicted molar refractivity (Wildman–Crippen MR) is 103 cm³/mol. The van der Waals surface area contributed by atoms with Crippen molar-refractivity contribution in [1.29, 1.82) is 0 Å². The number of rotatable bonds is 7. The van der Waals surface area contributed by atoms with E-state index < -0.39 is 28.5 Å². The highest BCUT2D eigenvalue weighted by Gasteiger charge is 2.49. The largest absolute Gasteiger partial charge is 0.491 e. The molecule has 9 heteroatoms. The zero-order chi connectivity index (χ0) is 21.2. The number of ether oxygens (including phenoxy) is 1. The van der Waals surface area contributed by atoms with Gasteiger partial charge in [-0.05, 0) is 43.7 Å². The number of nitrogens with zero attached hydrogens (tertiary/aromatic N) is 2. The fourth-order valence-electron chi connectivity index (χ4n) is 3.07. The number of carbonyl (C=O) groups excluding carboxylic acids is 2. The summed E-state index contributed by atoms with van der Waals surface area (Å²) in [7, 11) is 0.